The summed E-state index contributed by atoms with van der Waals surface area (Å²) in [5, 5.41) is 0. The Labute approximate surface area is 75.2 Å². The van der Waals surface area contributed by atoms with E-state index in [2.05, 4.69) is 11.6 Å². The van der Waals surface area contributed by atoms with Gasteiger partial charge in [0, 0.05) is 11.4 Å². The first-order chi connectivity index (χ1) is 5.61. The summed E-state index contributed by atoms with van der Waals surface area (Å²) in [6, 6.07) is 0. The molecule has 0 fully saturated rings. The molecule has 0 atom stereocenters. The van der Waals surface area contributed by atoms with Crippen molar-refractivity contribution < 1.29 is 0 Å². The van der Waals surface area contributed by atoms with E-state index < -0.39 is 0 Å². The standard InChI is InChI=1S/C11H17N/c1-6-8-11(7-2)10(5)12-9(3)4/h6-8H,3H2,1-2,4-5H3/b8-6-,11-7-,12-10?. The Morgan fingerprint density at radius 3 is 2.17 bits per heavy atom. The molecule has 0 saturated heterocycles. The van der Waals surface area contributed by atoms with Crippen LogP contribution in [-0.2, 0) is 0 Å². The Balaban J connectivity index is 4.65. The third-order valence-corrected chi connectivity index (χ3v) is 1.43. The van der Waals surface area contributed by atoms with Crippen molar-refractivity contribution in [2.24, 2.45) is 4.99 Å². The molecule has 0 aromatic heterocycles. The number of hydrogen-bond donors (Lipinski definition) is 0. The fraction of sp³-hybridized carbons (Fsp3) is 0.364. The zero-order chi connectivity index (χ0) is 9.56. The molecule has 1 nitrogen and oxygen atoms in total. The second kappa shape index (κ2) is 5.53. The molecular weight excluding hydrogens is 146 g/mol. The molecule has 66 valence electrons. The molecule has 0 saturated carbocycles. The molecule has 0 rings (SSSR count). The highest BCUT2D eigenvalue weighted by molar-refractivity contribution is 6.01. The van der Waals surface area contributed by atoms with Crippen LogP contribution in [0.5, 0.6) is 0 Å². The van der Waals surface area contributed by atoms with Crippen molar-refractivity contribution in [3.05, 3.63) is 36.1 Å². The van der Waals surface area contributed by atoms with Crippen LogP contribution in [0.3, 0.4) is 0 Å². The normalized spacial score (nSPS) is 14.0. The maximum absolute atomic E-state index is 4.27. The van der Waals surface area contributed by atoms with Gasteiger partial charge in [-0.1, -0.05) is 24.8 Å². The summed E-state index contributed by atoms with van der Waals surface area (Å²) >= 11 is 0. The summed E-state index contributed by atoms with van der Waals surface area (Å²) in [6.07, 6.45) is 6.09. The van der Waals surface area contributed by atoms with E-state index in [1.807, 2.05) is 45.9 Å². The molecule has 0 aromatic rings. The number of allylic oxidation sites excluding steroid dienone is 5. The minimum Gasteiger partial charge on any atom is -0.258 e. The third-order valence-electron chi connectivity index (χ3n) is 1.43. The quantitative estimate of drug-likeness (QED) is 0.446. The molecule has 0 amide bonds. The highest BCUT2D eigenvalue weighted by atomic mass is 14.7. The van der Waals surface area contributed by atoms with Gasteiger partial charge in [0.25, 0.3) is 0 Å². The van der Waals surface area contributed by atoms with Gasteiger partial charge in [-0.15, -0.1) is 0 Å². The van der Waals surface area contributed by atoms with Crippen LogP contribution in [0, 0.1) is 0 Å². The van der Waals surface area contributed by atoms with Crippen molar-refractivity contribution >= 4 is 5.71 Å². The lowest BCUT2D eigenvalue weighted by Gasteiger charge is -1.99. The first-order valence-electron chi connectivity index (χ1n) is 4.12. The van der Waals surface area contributed by atoms with Crippen molar-refractivity contribution in [1.29, 1.82) is 0 Å². The minimum absolute atomic E-state index is 0.844. The molecule has 0 unspecified atom stereocenters. The van der Waals surface area contributed by atoms with Gasteiger partial charge in [0.1, 0.15) is 0 Å². The van der Waals surface area contributed by atoms with Crippen molar-refractivity contribution in [3.8, 4) is 0 Å². The zero-order valence-corrected chi connectivity index (χ0v) is 8.39. The van der Waals surface area contributed by atoms with E-state index in [1.54, 1.807) is 0 Å². The Kier molecular flexibility index (Phi) is 5.02. The maximum atomic E-state index is 4.27. The predicted molar refractivity (Wildman–Crippen MR) is 56.5 cm³/mol. The summed E-state index contributed by atoms with van der Waals surface area (Å²) in [4.78, 5) is 4.27. The van der Waals surface area contributed by atoms with Gasteiger partial charge < -0.3 is 0 Å². The SMILES string of the molecule is C=C(C)N=C(C)C(/C=C\C)=C\C. The molecule has 0 bridgehead atoms. The Hall–Kier alpha value is -1.11. The topological polar surface area (TPSA) is 12.4 Å². The molecule has 0 radical (unpaired) electrons. The molecule has 1 heteroatoms. The maximum Gasteiger partial charge on any atom is 0.0444 e. The van der Waals surface area contributed by atoms with Gasteiger partial charge in [0.2, 0.25) is 0 Å². The summed E-state index contributed by atoms with van der Waals surface area (Å²) in [5.41, 5.74) is 3.01. The van der Waals surface area contributed by atoms with E-state index in [4.69, 9.17) is 0 Å². The fourth-order valence-corrected chi connectivity index (χ4v) is 0.956. The number of rotatable bonds is 3. The highest BCUT2D eigenvalue weighted by Crippen LogP contribution is 2.03. The van der Waals surface area contributed by atoms with Crippen LogP contribution in [0.4, 0.5) is 0 Å². The first-order valence-corrected chi connectivity index (χ1v) is 4.12. The molecule has 0 aromatic carbocycles. The lowest BCUT2D eigenvalue weighted by molar-refractivity contribution is 1.31. The monoisotopic (exact) mass is 163 g/mol. The molecule has 0 aliphatic carbocycles. The van der Waals surface area contributed by atoms with Gasteiger partial charge in [-0.2, -0.15) is 0 Å². The average molecular weight is 163 g/mol. The second-order valence-corrected chi connectivity index (χ2v) is 2.68. The van der Waals surface area contributed by atoms with Crippen LogP contribution in [0.15, 0.2) is 41.1 Å². The zero-order valence-electron chi connectivity index (χ0n) is 8.39. The van der Waals surface area contributed by atoms with E-state index in [0.29, 0.717) is 0 Å². The Morgan fingerprint density at radius 1 is 1.25 bits per heavy atom. The van der Waals surface area contributed by atoms with E-state index >= 15 is 0 Å². The molecule has 0 aliphatic heterocycles. The third kappa shape index (κ3) is 3.91. The summed E-state index contributed by atoms with van der Waals surface area (Å²) in [5.74, 6) is 0. The first kappa shape index (κ1) is 10.9. The van der Waals surface area contributed by atoms with E-state index in [-0.39, 0.29) is 0 Å². The molecule has 0 spiro atoms. The van der Waals surface area contributed by atoms with E-state index in [1.165, 1.54) is 0 Å². The lowest BCUT2D eigenvalue weighted by atomic mass is 10.1. The predicted octanol–water partition coefficient (Wildman–Crippen LogP) is 3.50. The van der Waals surface area contributed by atoms with E-state index in [0.717, 1.165) is 17.0 Å². The van der Waals surface area contributed by atoms with Crippen molar-refractivity contribution in [1.82, 2.24) is 0 Å². The molecule has 12 heavy (non-hydrogen) atoms. The summed E-state index contributed by atoms with van der Waals surface area (Å²) < 4.78 is 0. The van der Waals surface area contributed by atoms with Crippen LogP contribution in [0.25, 0.3) is 0 Å². The summed E-state index contributed by atoms with van der Waals surface area (Å²) in [7, 11) is 0. The second-order valence-electron chi connectivity index (χ2n) is 2.68. The van der Waals surface area contributed by atoms with Crippen LogP contribution in [-0.4, -0.2) is 5.71 Å². The number of nitrogens with zero attached hydrogens (tertiary/aromatic N) is 1. The van der Waals surface area contributed by atoms with Gasteiger partial charge in [-0.3, -0.25) is 4.99 Å². The van der Waals surface area contributed by atoms with Crippen molar-refractivity contribution in [2.45, 2.75) is 27.7 Å². The Bertz CT molecular complexity index is 242. The molecule has 0 heterocycles. The fourth-order valence-electron chi connectivity index (χ4n) is 0.956. The largest absolute Gasteiger partial charge is 0.258 e. The Morgan fingerprint density at radius 2 is 1.83 bits per heavy atom. The number of hydrogen-bond acceptors (Lipinski definition) is 1. The number of aliphatic imine (C=N–C) groups is 1. The van der Waals surface area contributed by atoms with E-state index in [9.17, 15) is 0 Å². The van der Waals surface area contributed by atoms with Gasteiger partial charge >= 0.3 is 0 Å². The van der Waals surface area contributed by atoms with Gasteiger partial charge in [0.05, 0.1) is 0 Å². The lowest BCUT2D eigenvalue weighted by Crippen LogP contribution is -1.94. The van der Waals surface area contributed by atoms with Gasteiger partial charge in [-0.25, -0.2) is 0 Å². The van der Waals surface area contributed by atoms with Crippen molar-refractivity contribution in [2.75, 3.05) is 0 Å². The molecular formula is C11H17N. The van der Waals surface area contributed by atoms with Crippen LogP contribution >= 0.6 is 0 Å². The van der Waals surface area contributed by atoms with Crippen LogP contribution in [0.1, 0.15) is 27.7 Å². The van der Waals surface area contributed by atoms with Crippen LogP contribution in [0.2, 0.25) is 0 Å². The molecule has 0 aliphatic rings. The van der Waals surface area contributed by atoms with Crippen molar-refractivity contribution in [3.63, 3.8) is 0 Å². The molecule has 0 N–H and O–H groups in total. The summed E-state index contributed by atoms with van der Waals surface area (Å²) in [6.45, 7) is 11.6. The van der Waals surface area contributed by atoms with Crippen LogP contribution < -0.4 is 0 Å². The smallest absolute Gasteiger partial charge is 0.0444 e. The van der Waals surface area contributed by atoms with Gasteiger partial charge in [-0.05, 0) is 33.3 Å². The average Bonchev–Trinajstić information content (AvgIpc) is 1.98. The highest BCUT2D eigenvalue weighted by Gasteiger charge is 1.94. The minimum atomic E-state index is 0.844. The van der Waals surface area contributed by atoms with Gasteiger partial charge in [0.15, 0.2) is 0 Å².